The Morgan fingerprint density at radius 3 is 2.64 bits per heavy atom. The molecule has 1 amide bonds. The first-order chi connectivity index (χ1) is 12.7. The maximum atomic E-state index is 12.8. The zero-order chi connectivity index (χ0) is 19.8. The summed E-state index contributed by atoms with van der Waals surface area (Å²) in [7, 11) is 0. The van der Waals surface area contributed by atoms with Crippen molar-refractivity contribution in [3.8, 4) is 0 Å². The van der Waals surface area contributed by atoms with Crippen LogP contribution in [0.2, 0.25) is 0 Å². The molecule has 0 aromatic heterocycles. The molecule has 9 nitrogen and oxygen atoms in total. The van der Waals surface area contributed by atoms with Crippen molar-refractivity contribution in [3.63, 3.8) is 0 Å². The molecule has 28 heavy (non-hydrogen) atoms. The maximum Gasteiger partial charge on any atom is 0.355 e. The van der Waals surface area contributed by atoms with Gasteiger partial charge in [-0.3, -0.25) is 14.5 Å². The van der Waals surface area contributed by atoms with E-state index in [1.807, 2.05) is 5.01 Å². The molecule has 0 aromatic carbocycles. The lowest BCUT2D eigenvalue weighted by molar-refractivity contribution is -0.159. The highest BCUT2D eigenvalue weighted by Crippen LogP contribution is 2.41. The monoisotopic (exact) mass is 434 g/mol. The number of hydrogen-bond donors (Lipinski definition) is 2. The molecule has 0 radical (unpaired) electrons. The number of carbonyl (C=O) groups is 3. The molecule has 1 unspecified atom stereocenters. The number of ether oxygens (including phenoxy) is 2. The third-order valence-electron chi connectivity index (χ3n) is 4.27. The zero-order valence-corrected chi connectivity index (χ0v) is 18.1. The third kappa shape index (κ3) is 4.98. The summed E-state index contributed by atoms with van der Waals surface area (Å²) >= 11 is 1.55. The molecule has 3 rings (SSSR count). The fourth-order valence-electron chi connectivity index (χ4n) is 3.10. The van der Waals surface area contributed by atoms with Crippen LogP contribution in [-0.2, 0) is 23.9 Å². The van der Waals surface area contributed by atoms with Gasteiger partial charge in [0.2, 0.25) is 5.91 Å². The van der Waals surface area contributed by atoms with Gasteiger partial charge in [0.1, 0.15) is 29.3 Å². The van der Waals surface area contributed by atoms with Gasteiger partial charge in [-0.15, -0.1) is 24.2 Å². The molecule has 158 valence electrons. The standard InChI is InChI=1S/C17H26N4O5S.ClH/c1-10(22)25-7-11-8-27-15-12(19-20-6-5-18-9-20)14(23)21(15)13(11)16(24)26-17(2,3)4;/h12,15,18-19H,5-9H2,1-4H3;1H/t12?,15-;/m0./s1. The molecule has 3 aliphatic rings. The Labute approximate surface area is 174 Å². The molecule has 3 heterocycles. The minimum atomic E-state index is -0.691. The number of carbonyl (C=O) groups excluding carboxylic acids is 3. The number of nitrogens with one attached hydrogen (secondary N) is 2. The van der Waals surface area contributed by atoms with E-state index in [0.717, 1.165) is 13.1 Å². The van der Waals surface area contributed by atoms with Crippen LogP contribution in [0.4, 0.5) is 0 Å². The van der Waals surface area contributed by atoms with Gasteiger partial charge in [0.15, 0.2) is 0 Å². The van der Waals surface area contributed by atoms with Gasteiger partial charge >= 0.3 is 11.9 Å². The van der Waals surface area contributed by atoms with Crippen molar-refractivity contribution in [2.75, 3.05) is 32.1 Å². The summed E-state index contributed by atoms with van der Waals surface area (Å²) < 4.78 is 10.6. The molecule has 2 N–H and O–H groups in total. The molecule has 0 aromatic rings. The number of rotatable bonds is 5. The highest BCUT2D eigenvalue weighted by molar-refractivity contribution is 8.00. The van der Waals surface area contributed by atoms with E-state index >= 15 is 0 Å². The fraction of sp³-hybridized carbons (Fsp3) is 0.706. The lowest BCUT2D eigenvalue weighted by Crippen LogP contribution is -2.72. The van der Waals surface area contributed by atoms with Crippen LogP contribution in [-0.4, -0.2) is 76.9 Å². The first-order valence-corrected chi connectivity index (χ1v) is 9.97. The molecular weight excluding hydrogens is 408 g/mol. The van der Waals surface area contributed by atoms with Crippen molar-refractivity contribution < 1.29 is 23.9 Å². The Morgan fingerprint density at radius 2 is 2.07 bits per heavy atom. The normalized spacial score (nSPS) is 25.0. The summed E-state index contributed by atoms with van der Waals surface area (Å²) in [5.41, 5.74) is 3.34. The fourth-order valence-corrected chi connectivity index (χ4v) is 4.42. The number of amides is 1. The number of halogens is 1. The van der Waals surface area contributed by atoms with E-state index in [1.165, 1.54) is 11.8 Å². The second-order valence-electron chi connectivity index (χ2n) is 7.67. The number of hydrogen-bond acceptors (Lipinski definition) is 9. The van der Waals surface area contributed by atoms with E-state index in [4.69, 9.17) is 9.47 Å². The molecule has 2 fully saturated rings. The second kappa shape index (κ2) is 9.00. The lowest BCUT2D eigenvalue weighted by Gasteiger charge is -2.50. The van der Waals surface area contributed by atoms with Gasteiger partial charge in [0.25, 0.3) is 0 Å². The highest BCUT2D eigenvalue weighted by Gasteiger charge is 2.54. The van der Waals surface area contributed by atoms with Gasteiger partial charge in [-0.05, 0) is 20.8 Å². The molecule has 0 spiro atoms. The Morgan fingerprint density at radius 1 is 1.36 bits per heavy atom. The maximum absolute atomic E-state index is 12.8. The quantitative estimate of drug-likeness (QED) is 0.464. The Bertz CT molecular complexity index is 675. The van der Waals surface area contributed by atoms with Crippen LogP contribution in [0.15, 0.2) is 11.3 Å². The van der Waals surface area contributed by atoms with E-state index < -0.39 is 17.5 Å². The van der Waals surface area contributed by atoms with Gasteiger partial charge in [0, 0.05) is 31.3 Å². The van der Waals surface area contributed by atoms with E-state index in [2.05, 4.69) is 10.7 Å². The van der Waals surface area contributed by atoms with E-state index in [9.17, 15) is 14.4 Å². The van der Waals surface area contributed by atoms with Crippen LogP contribution >= 0.6 is 24.2 Å². The van der Waals surface area contributed by atoms with Gasteiger partial charge in [-0.2, -0.15) is 0 Å². The summed E-state index contributed by atoms with van der Waals surface area (Å²) in [5, 5.41) is 4.97. The van der Waals surface area contributed by atoms with Crippen molar-refractivity contribution >= 4 is 42.0 Å². The lowest BCUT2D eigenvalue weighted by atomic mass is 10.0. The Hall–Kier alpha value is -1.33. The van der Waals surface area contributed by atoms with E-state index in [1.54, 1.807) is 32.5 Å². The van der Waals surface area contributed by atoms with Gasteiger partial charge in [0.05, 0.1) is 6.67 Å². The molecule has 0 bridgehead atoms. The number of fused-ring (bicyclic) bond motifs is 1. The van der Waals surface area contributed by atoms with Crippen molar-refractivity contribution in [1.29, 1.82) is 0 Å². The van der Waals surface area contributed by atoms with Crippen molar-refractivity contribution in [3.05, 3.63) is 11.3 Å². The summed E-state index contributed by atoms with van der Waals surface area (Å²) in [6.07, 6.45) is 0. The minimum Gasteiger partial charge on any atom is -0.461 e. The van der Waals surface area contributed by atoms with Crippen LogP contribution in [0.1, 0.15) is 27.7 Å². The summed E-state index contributed by atoms with van der Waals surface area (Å²) in [4.78, 5) is 38.3. The number of esters is 2. The smallest absolute Gasteiger partial charge is 0.355 e. The van der Waals surface area contributed by atoms with Crippen LogP contribution in [0.25, 0.3) is 0 Å². The summed E-state index contributed by atoms with van der Waals surface area (Å²) in [6.45, 7) is 8.96. The minimum absolute atomic E-state index is 0. The molecule has 2 atom stereocenters. The molecule has 0 saturated carbocycles. The van der Waals surface area contributed by atoms with Crippen molar-refractivity contribution in [1.82, 2.24) is 20.7 Å². The summed E-state index contributed by atoms with van der Waals surface area (Å²) in [5.74, 6) is -0.689. The molecule has 3 aliphatic heterocycles. The molecule has 2 saturated heterocycles. The molecular formula is C17H27ClN4O5S. The third-order valence-corrected chi connectivity index (χ3v) is 5.61. The Balaban J connectivity index is 0.00000280. The number of thioether (sulfide) groups is 1. The van der Waals surface area contributed by atoms with Gasteiger partial charge in [-0.25, -0.2) is 15.2 Å². The number of nitrogens with zero attached hydrogens (tertiary/aromatic N) is 2. The topological polar surface area (TPSA) is 100 Å². The average molecular weight is 435 g/mol. The largest absolute Gasteiger partial charge is 0.461 e. The average Bonchev–Trinajstić information content (AvgIpc) is 3.08. The van der Waals surface area contributed by atoms with Crippen molar-refractivity contribution in [2.24, 2.45) is 0 Å². The summed E-state index contributed by atoms with van der Waals surface area (Å²) in [6, 6.07) is -0.386. The first-order valence-electron chi connectivity index (χ1n) is 8.92. The van der Waals surface area contributed by atoms with Crippen LogP contribution in [0, 0.1) is 0 Å². The second-order valence-corrected chi connectivity index (χ2v) is 8.78. The predicted molar refractivity (Wildman–Crippen MR) is 106 cm³/mol. The molecule has 11 heteroatoms. The van der Waals surface area contributed by atoms with Gasteiger partial charge in [-0.1, -0.05) is 0 Å². The van der Waals surface area contributed by atoms with E-state index in [-0.39, 0.29) is 42.0 Å². The van der Waals surface area contributed by atoms with E-state index in [0.29, 0.717) is 18.0 Å². The zero-order valence-electron chi connectivity index (χ0n) is 16.4. The van der Waals surface area contributed by atoms with Crippen LogP contribution in [0.5, 0.6) is 0 Å². The molecule has 0 aliphatic carbocycles. The van der Waals surface area contributed by atoms with Gasteiger partial charge < -0.3 is 14.8 Å². The van der Waals surface area contributed by atoms with Crippen LogP contribution < -0.4 is 10.7 Å². The van der Waals surface area contributed by atoms with Crippen molar-refractivity contribution in [2.45, 2.75) is 44.7 Å². The number of β-lactam (4-membered cyclic amide) rings is 1. The van der Waals surface area contributed by atoms with Crippen LogP contribution in [0.3, 0.4) is 0 Å². The first kappa shape index (κ1) is 23.0. The Kier molecular flexibility index (Phi) is 7.38. The predicted octanol–water partition coefficient (Wildman–Crippen LogP) is 0.218. The SMILES string of the molecule is CC(=O)OCC1=C(C(=O)OC(C)(C)C)N2C(=O)C(NN3CCNC3)[C@@H]2SC1.Cl. The number of hydrazine groups is 1. The highest BCUT2D eigenvalue weighted by atomic mass is 35.5.